The van der Waals surface area contributed by atoms with Crippen molar-refractivity contribution in [2.45, 2.75) is 65.2 Å². The van der Waals surface area contributed by atoms with Crippen LogP contribution < -0.4 is 32.3 Å². The molecule has 1 atom stereocenters. The Labute approximate surface area is 364 Å². The van der Waals surface area contributed by atoms with Crippen LogP contribution in [0.25, 0.3) is 0 Å². The third-order valence-corrected chi connectivity index (χ3v) is 8.11. The van der Waals surface area contributed by atoms with Gasteiger partial charge in [0, 0.05) is 64.3 Å². The molecule has 0 heterocycles. The van der Waals surface area contributed by atoms with Crippen molar-refractivity contribution in [3.63, 3.8) is 0 Å². The average Bonchev–Trinajstić information content (AvgIpc) is 3.22. The maximum atomic E-state index is 12.0. The lowest BCUT2D eigenvalue weighted by molar-refractivity contribution is -0.127. The Balaban J connectivity index is 3.48. The number of ether oxygens (including phenoxy) is 8. The van der Waals surface area contributed by atoms with Gasteiger partial charge in [-0.05, 0) is 33.1 Å². The van der Waals surface area contributed by atoms with Gasteiger partial charge in [0.25, 0.3) is 0 Å². The van der Waals surface area contributed by atoms with Gasteiger partial charge in [-0.1, -0.05) is 6.42 Å². The molecule has 7 N–H and O–H groups in total. The van der Waals surface area contributed by atoms with Gasteiger partial charge in [-0.15, -0.1) is 0 Å². The van der Waals surface area contributed by atoms with Crippen molar-refractivity contribution < 1.29 is 76.3 Å². The van der Waals surface area contributed by atoms with Gasteiger partial charge in [0.15, 0.2) is 0 Å². The third kappa shape index (κ3) is 42.5. The number of amides is 6. The van der Waals surface area contributed by atoms with Crippen molar-refractivity contribution >= 4 is 47.0 Å². The number of nitrogens with two attached hydrogens (primary N) is 1. The van der Waals surface area contributed by atoms with Crippen molar-refractivity contribution in [1.82, 2.24) is 26.6 Å². The second-order valence-electron chi connectivity index (χ2n) is 13.8. The molecule has 0 aliphatic carbocycles. The number of hydrogen-bond donors (Lipinski definition) is 6. The molecule has 0 fully saturated rings. The lowest BCUT2D eigenvalue weighted by Gasteiger charge is -2.11. The van der Waals surface area contributed by atoms with E-state index in [9.17, 15) is 38.4 Å². The van der Waals surface area contributed by atoms with Crippen LogP contribution in [0.15, 0.2) is 0 Å². The molecule has 0 saturated heterocycles. The molecule has 22 heteroatoms. The molecule has 6 amide bonds. The highest BCUT2D eigenvalue weighted by Gasteiger charge is 2.17. The number of primary amides is 1. The van der Waals surface area contributed by atoms with Crippen molar-refractivity contribution in [3.8, 4) is 0 Å². The van der Waals surface area contributed by atoms with E-state index in [-0.39, 0.29) is 153 Å². The van der Waals surface area contributed by atoms with E-state index >= 15 is 0 Å². The fraction of sp³-hybridized carbons (Fsp3) is 0.800. The normalized spacial score (nSPS) is 11.4. The molecule has 0 spiro atoms. The topological polar surface area (TPSA) is 297 Å². The Bertz CT molecular complexity index is 1260. The molecule has 0 aliphatic heterocycles. The zero-order valence-corrected chi connectivity index (χ0v) is 36.7. The maximum absolute atomic E-state index is 12.0. The van der Waals surface area contributed by atoms with E-state index in [0.29, 0.717) is 78.2 Å². The van der Waals surface area contributed by atoms with Gasteiger partial charge in [-0.25, -0.2) is 0 Å². The number of carbonyl (C=O) groups is 8. The lowest BCUT2D eigenvalue weighted by Crippen LogP contribution is -2.32. The van der Waals surface area contributed by atoms with E-state index in [2.05, 4.69) is 26.6 Å². The summed E-state index contributed by atoms with van der Waals surface area (Å²) in [6.45, 7) is 7.72. The van der Waals surface area contributed by atoms with Gasteiger partial charge in [0.1, 0.15) is 31.4 Å². The Morgan fingerprint density at radius 2 is 0.742 bits per heavy atom. The largest absolute Gasteiger partial charge is 0.379 e. The Morgan fingerprint density at radius 3 is 1.11 bits per heavy atom. The Hall–Kier alpha value is -4.16. The van der Waals surface area contributed by atoms with Crippen LogP contribution in [0, 0.1) is 5.92 Å². The molecule has 0 aromatic rings. The summed E-state index contributed by atoms with van der Waals surface area (Å²) in [5, 5.41) is 13.5. The minimum absolute atomic E-state index is 0.0729. The molecule has 0 rings (SSSR count). The molecule has 1 unspecified atom stereocenters. The maximum Gasteiger partial charge on any atom is 0.246 e. The van der Waals surface area contributed by atoms with Gasteiger partial charge in [-0.3, -0.25) is 33.6 Å². The van der Waals surface area contributed by atoms with Gasteiger partial charge in [0.2, 0.25) is 35.4 Å². The number of Topliss-reactive ketones (excluding diaryl/α,β-unsaturated/α-hetero) is 2. The first-order valence-electron chi connectivity index (χ1n) is 21.1. The predicted octanol–water partition coefficient (Wildman–Crippen LogP) is -1.90. The standard InChI is InChI=1S/C40H72N6O16/c1-32(47)9-15-55-20-21-56-18-13-45-38(52)30-61-26-22-57-16-11-43-35(49)7-5-8-36(50)44-12-17-58-23-27-62-31-39(53)46-14-19-59-24-25-60-29-37(51)42-10-4-3-6-34(40(41)54)28-33(2)48/h34H,3-31H2,1-2H3,(H2,41,54)(H,42,51)(H,43,49)(H,44,50)(H,45,52)(H,46,53). The van der Waals surface area contributed by atoms with Gasteiger partial charge < -0.3 is 75.0 Å². The van der Waals surface area contributed by atoms with Gasteiger partial charge >= 0.3 is 0 Å². The highest BCUT2D eigenvalue weighted by atomic mass is 16.5. The van der Waals surface area contributed by atoms with Crippen LogP contribution in [0.1, 0.15) is 65.2 Å². The summed E-state index contributed by atoms with van der Waals surface area (Å²) in [6.07, 6.45) is 3.06. The summed E-state index contributed by atoms with van der Waals surface area (Å²) >= 11 is 0. The van der Waals surface area contributed by atoms with Crippen LogP contribution in [-0.2, 0) is 76.3 Å². The minimum Gasteiger partial charge on any atom is -0.379 e. The van der Waals surface area contributed by atoms with Crippen LogP contribution in [0.5, 0.6) is 0 Å². The molecule has 358 valence electrons. The monoisotopic (exact) mass is 893 g/mol. The fourth-order valence-corrected chi connectivity index (χ4v) is 4.92. The zero-order valence-electron chi connectivity index (χ0n) is 36.7. The number of ketones is 2. The number of hydrogen-bond acceptors (Lipinski definition) is 16. The van der Waals surface area contributed by atoms with E-state index < -0.39 is 11.8 Å². The van der Waals surface area contributed by atoms with Crippen LogP contribution in [0.4, 0.5) is 0 Å². The molecular weight excluding hydrogens is 820 g/mol. The minimum atomic E-state index is -0.491. The highest BCUT2D eigenvalue weighted by Crippen LogP contribution is 2.12. The zero-order chi connectivity index (χ0) is 45.9. The van der Waals surface area contributed by atoms with Crippen LogP contribution in [0.3, 0.4) is 0 Å². The third-order valence-electron chi connectivity index (χ3n) is 8.11. The molecule has 0 bridgehead atoms. The van der Waals surface area contributed by atoms with E-state index in [0.717, 1.165) is 0 Å². The summed E-state index contributed by atoms with van der Waals surface area (Å²) in [6, 6.07) is 0. The molecule has 62 heavy (non-hydrogen) atoms. The average molecular weight is 893 g/mol. The second-order valence-corrected chi connectivity index (χ2v) is 13.8. The van der Waals surface area contributed by atoms with Crippen molar-refractivity contribution in [2.75, 3.05) is 138 Å². The highest BCUT2D eigenvalue weighted by molar-refractivity contribution is 5.84. The number of nitrogens with one attached hydrogen (secondary N) is 5. The van der Waals surface area contributed by atoms with Crippen LogP contribution in [-0.4, -0.2) is 185 Å². The Morgan fingerprint density at radius 1 is 0.387 bits per heavy atom. The molecule has 0 radical (unpaired) electrons. The van der Waals surface area contributed by atoms with Crippen molar-refractivity contribution in [1.29, 1.82) is 0 Å². The molecule has 22 nitrogen and oxygen atoms in total. The van der Waals surface area contributed by atoms with Crippen LogP contribution in [0.2, 0.25) is 0 Å². The van der Waals surface area contributed by atoms with Crippen molar-refractivity contribution in [2.24, 2.45) is 11.7 Å². The first-order valence-corrected chi connectivity index (χ1v) is 21.1. The smallest absolute Gasteiger partial charge is 0.246 e. The Kier molecular flexibility index (Phi) is 39.3. The van der Waals surface area contributed by atoms with Gasteiger partial charge in [-0.2, -0.15) is 0 Å². The van der Waals surface area contributed by atoms with Gasteiger partial charge in [0.05, 0.1) is 85.9 Å². The molecular formula is C40H72N6O16. The summed E-state index contributed by atoms with van der Waals surface area (Å²) in [4.78, 5) is 92.9. The summed E-state index contributed by atoms with van der Waals surface area (Å²) in [7, 11) is 0. The summed E-state index contributed by atoms with van der Waals surface area (Å²) in [5.74, 6) is -2.25. The number of carbonyl (C=O) groups excluding carboxylic acids is 8. The first kappa shape index (κ1) is 57.8. The van der Waals surface area contributed by atoms with Crippen LogP contribution >= 0.6 is 0 Å². The molecule has 0 aromatic carbocycles. The van der Waals surface area contributed by atoms with E-state index in [1.165, 1.54) is 13.8 Å². The quantitative estimate of drug-likeness (QED) is 0.0364. The van der Waals surface area contributed by atoms with Crippen molar-refractivity contribution in [3.05, 3.63) is 0 Å². The molecule has 0 saturated carbocycles. The summed E-state index contributed by atoms with van der Waals surface area (Å²) < 4.78 is 42.5. The molecule has 0 aromatic heterocycles. The van der Waals surface area contributed by atoms with E-state index in [1.807, 2.05) is 0 Å². The van der Waals surface area contributed by atoms with E-state index in [1.54, 1.807) is 0 Å². The fourth-order valence-electron chi connectivity index (χ4n) is 4.92. The second kappa shape index (κ2) is 42.2. The summed E-state index contributed by atoms with van der Waals surface area (Å²) in [5.41, 5.74) is 5.32. The van der Waals surface area contributed by atoms with E-state index in [4.69, 9.17) is 43.6 Å². The first-order chi connectivity index (χ1) is 29.9. The predicted molar refractivity (Wildman–Crippen MR) is 223 cm³/mol. The number of unbranched alkanes of at least 4 members (excludes halogenated alkanes) is 1. The SMILES string of the molecule is CC(=O)CCOCCOCCNC(=O)COCCOCCNC(=O)CCCC(=O)NCCOCCOCC(=O)NCCOCCOCC(=O)NCCCCC(CC(C)=O)C(N)=O. The lowest BCUT2D eigenvalue weighted by atomic mass is 9.96. The number of rotatable bonds is 45. The molecule has 0 aliphatic rings.